The van der Waals surface area contributed by atoms with E-state index in [0.29, 0.717) is 17.5 Å². The van der Waals surface area contributed by atoms with Crippen molar-refractivity contribution in [3.8, 4) is 51.0 Å². The molecule has 3 aromatic heterocycles. The van der Waals surface area contributed by atoms with Crippen LogP contribution in [0.15, 0.2) is 194 Å². The molecule has 4 nitrogen and oxygen atoms in total. The van der Waals surface area contributed by atoms with Gasteiger partial charge in [0.2, 0.25) is 0 Å². The lowest BCUT2D eigenvalue weighted by Crippen LogP contribution is -2.01. The summed E-state index contributed by atoms with van der Waals surface area (Å²) in [6.45, 7) is 0. The molecule has 0 saturated heterocycles. The van der Waals surface area contributed by atoms with E-state index >= 15 is 0 Å². The SMILES string of the molecule is c1ccc(-c2nc(-c3ccccc3)nc(-c3ccc(-c4ccc(-n5c6ccccc6c6ccc7c8ccccc8sc7c65)c5ccccc45)c4ccccc34)n2)cc1. The monoisotopic (exact) mass is 756 g/mol. The summed E-state index contributed by atoms with van der Waals surface area (Å²) in [4.78, 5) is 15.2. The summed E-state index contributed by atoms with van der Waals surface area (Å²) in [6, 6.07) is 69.1. The summed E-state index contributed by atoms with van der Waals surface area (Å²) in [5.74, 6) is 1.95. The molecule has 0 fully saturated rings. The van der Waals surface area contributed by atoms with Crippen molar-refractivity contribution >= 4 is 74.9 Å². The van der Waals surface area contributed by atoms with Crippen LogP contribution in [0.2, 0.25) is 0 Å². The Morgan fingerprint density at radius 3 is 1.50 bits per heavy atom. The zero-order chi connectivity index (χ0) is 38.2. The fourth-order valence-corrected chi connectivity index (χ4v) is 10.1. The normalized spacial score (nSPS) is 11.8. The molecule has 12 aromatic rings. The van der Waals surface area contributed by atoms with Crippen LogP contribution in [0.4, 0.5) is 0 Å². The number of fused-ring (bicyclic) bond motifs is 9. The van der Waals surface area contributed by atoms with E-state index in [1.165, 1.54) is 64.0 Å². The molecular weight excluding hydrogens is 725 g/mol. The highest BCUT2D eigenvalue weighted by Crippen LogP contribution is 2.45. The Bertz CT molecular complexity index is 3510. The minimum absolute atomic E-state index is 0.648. The Morgan fingerprint density at radius 1 is 0.328 bits per heavy atom. The summed E-state index contributed by atoms with van der Waals surface area (Å²) in [5, 5.41) is 9.77. The molecular formula is C53H32N4S. The Balaban J connectivity index is 1.08. The van der Waals surface area contributed by atoms with Gasteiger partial charge in [-0.05, 0) is 51.6 Å². The predicted octanol–water partition coefficient (Wildman–Crippen LogP) is 14.3. The van der Waals surface area contributed by atoms with Crippen molar-refractivity contribution in [3.05, 3.63) is 194 Å². The van der Waals surface area contributed by atoms with Crippen LogP contribution < -0.4 is 0 Å². The fraction of sp³-hybridized carbons (Fsp3) is 0. The minimum atomic E-state index is 0.648. The van der Waals surface area contributed by atoms with Gasteiger partial charge in [-0.25, -0.2) is 15.0 Å². The molecule has 58 heavy (non-hydrogen) atoms. The highest BCUT2D eigenvalue weighted by atomic mass is 32.1. The van der Waals surface area contributed by atoms with Gasteiger partial charge in [-0.15, -0.1) is 11.3 Å². The number of hydrogen-bond acceptors (Lipinski definition) is 4. The molecule has 0 amide bonds. The van der Waals surface area contributed by atoms with Crippen molar-refractivity contribution in [1.29, 1.82) is 0 Å². The molecule has 270 valence electrons. The molecule has 0 saturated carbocycles. The molecule has 12 rings (SSSR count). The highest BCUT2D eigenvalue weighted by Gasteiger charge is 2.21. The van der Waals surface area contributed by atoms with Gasteiger partial charge < -0.3 is 4.57 Å². The van der Waals surface area contributed by atoms with Crippen molar-refractivity contribution in [2.45, 2.75) is 0 Å². The summed E-state index contributed by atoms with van der Waals surface area (Å²) in [7, 11) is 0. The molecule has 0 atom stereocenters. The van der Waals surface area contributed by atoms with Crippen LogP contribution >= 0.6 is 11.3 Å². The first kappa shape index (κ1) is 32.7. The number of rotatable bonds is 5. The molecule has 0 bridgehead atoms. The molecule has 0 aliphatic heterocycles. The third kappa shape index (κ3) is 5.04. The summed E-state index contributed by atoms with van der Waals surface area (Å²) in [5.41, 5.74) is 8.85. The minimum Gasteiger partial charge on any atom is -0.307 e. The van der Waals surface area contributed by atoms with E-state index in [-0.39, 0.29) is 0 Å². The van der Waals surface area contributed by atoms with Crippen LogP contribution in [0.25, 0.3) is 115 Å². The third-order valence-electron chi connectivity index (χ3n) is 11.5. The van der Waals surface area contributed by atoms with Gasteiger partial charge in [-0.3, -0.25) is 0 Å². The maximum atomic E-state index is 5.10. The summed E-state index contributed by atoms with van der Waals surface area (Å²) in [6.07, 6.45) is 0. The fourth-order valence-electron chi connectivity index (χ4n) is 8.85. The summed E-state index contributed by atoms with van der Waals surface area (Å²) < 4.78 is 5.13. The van der Waals surface area contributed by atoms with Gasteiger partial charge in [0, 0.05) is 48.3 Å². The largest absolute Gasteiger partial charge is 0.307 e. The number of aromatic nitrogens is 4. The second-order valence-electron chi connectivity index (χ2n) is 14.7. The lowest BCUT2D eigenvalue weighted by molar-refractivity contribution is 1.08. The average molecular weight is 757 g/mol. The maximum Gasteiger partial charge on any atom is 0.164 e. The van der Waals surface area contributed by atoms with Crippen molar-refractivity contribution in [2.24, 2.45) is 0 Å². The zero-order valence-corrected chi connectivity index (χ0v) is 32.0. The second kappa shape index (κ2) is 13.1. The Morgan fingerprint density at radius 2 is 0.810 bits per heavy atom. The molecule has 5 heteroatoms. The van der Waals surface area contributed by atoms with E-state index in [0.717, 1.165) is 33.0 Å². The summed E-state index contributed by atoms with van der Waals surface area (Å²) >= 11 is 1.89. The van der Waals surface area contributed by atoms with Gasteiger partial charge in [0.25, 0.3) is 0 Å². The van der Waals surface area contributed by atoms with Gasteiger partial charge in [0.15, 0.2) is 17.5 Å². The van der Waals surface area contributed by atoms with Crippen LogP contribution in [-0.4, -0.2) is 19.5 Å². The third-order valence-corrected chi connectivity index (χ3v) is 12.7. The van der Waals surface area contributed by atoms with Crippen LogP contribution in [0.5, 0.6) is 0 Å². The van der Waals surface area contributed by atoms with Gasteiger partial charge in [0.1, 0.15) is 0 Å². The molecule has 0 N–H and O–H groups in total. The van der Waals surface area contributed by atoms with Gasteiger partial charge in [-0.1, -0.05) is 170 Å². The van der Waals surface area contributed by atoms with Crippen LogP contribution in [0.3, 0.4) is 0 Å². The van der Waals surface area contributed by atoms with Crippen molar-refractivity contribution in [1.82, 2.24) is 19.5 Å². The quantitative estimate of drug-likeness (QED) is 0.176. The standard InChI is InChI=1S/C53H32N4S/c1-3-15-33(16-4-1)51-54-52(34-17-5-2-6-18-34)56-53(55-51)45-30-27-38(35-19-7-8-21-37(35)45)39-31-32-47(40-22-10-9-20-36(39)40)57-46-25-13-11-23-41(46)43-28-29-44-42-24-12-14-26-48(42)58-50(44)49(43)57/h1-32H. The molecule has 0 radical (unpaired) electrons. The van der Waals surface area contributed by atoms with E-state index in [1.807, 2.05) is 72.0 Å². The average Bonchev–Trinajstić information content (AvgIpc) is 3.85. The first-order chi connectivity index (χ1) is 28.8. The second-order valence-corrected chi connectivity index (χ2v) is 15.8. The van der Waals surface area contributed by atoms with Crippen LogP contribution in [-0.2, 0) is 0 Å². The van der Waals surface area contributed by atoms with Gasteiger partial charge in [-0.2, -0.15) is 0 Å². The topological polar surface area (TPSA) is 43.6 Å². The van der Waals surface area contributed by atoms with E-state index < -0.39 is 0 Å². The van der Waals surface area contributed by atoms with E-state index in [2.05, 4.69) is 138 Å². The molecule has 3 heterocycles. The van der Waals surface area contributed by atoms with Gasteiger partial charge >= 0.3 is 0 Å². The zero-order valence-electron chi connectivity index (χ0n) is 31.2. The lowest BCUT2D eigenvalue weighted by Gasteiger charge is -2.17. The Labute approximate surface area is 338 Å². The van der Waals surface area contributed by atoms with Crippen molar-refractivity contribution in [3.63, 3.8) is 0 Å². The Hall–Kier alpha value is -7.47. The van der Waals surface area contributed by atoms with E-state index in [4.69, 9.17) is 15.0 Å². The lowest BCUT2D eigenvalue weighted by atomic mass is 9.91. The number of benzene rings is 9. The van der Waals surface area contributed by atoms with Crippen LogP contribution in [0, 0.1) is 0 Å². The molecule has 0 aliphatic carbocycles. The molecule has 0 spiro atoms. The predicted molar refractivity (Wildman–Crippen MR) is 244 cm³/mol. The molecule has 0 aliphatic rings. The van der Waals surface area contributed by atoms with E-state index in [1.54, 1.807) is 0 Å². The first-order valence-electron chi connectivity index (χ1n) is 19.5. The Kier molecular flexibility index (Phi) is 7.37. The number of thiophene rings is 1. The smallest absolute Gasteiger partial charge is 0.164 e. The number of para-hydroxylation sites is 1. The van der Waals surface area contributed by atoms with E-state index in [9.17, 15) is 0 Å². The highest BCUT2D eigenvalue weighted by molar-refractivity contribution is 7.26. The van der Waals surface area contributed by atoms with Crippen LogP contribution in [0.1, 0.15) is 0 Å². The van der Waals surface area contributed by atoms with Gasteiger partial charge in [0.05, 0.1) is 21.4 Å². The van der Waals surface area contributed by atoms with Crippen molar-refractivity contribution < 1.29 is 0 Å². The first-order valence-corrected chi connectivity index (χ1v) is 20.4. The molecule has 9 aromatic carbocycles. The number of nitrogens with zero attached hydrogens (tertiary/aromatic N) is 4. The number of hydrogen-bond donors (Lipinski definition) is 0. The van der Waals surface area contributed by atoms with Crippen molar-refractivity contribution in [2.75, 3.05) is 0 Å². The maximum absolute atomic E-state index is 5.10. The molecule has 0 unspecified atom stereocenters.